The van der Waals surface area contributed by atoms with Crippen molar-refractivity contribution in [3.63, 3.8) is 0 Å². The van der Waals surface area contributed by atoms with E-state index in [-0.39, 0.29) is 48.6 Å². The zero-order valence-corrected chi connectivity index (χ0v) is 47.0. The number of nitrogens with one attached hydrogen (secondary N) is 2. The van der Waals surface area contributed by atoms with E-state index in [0.29, 0.717) is 53.8 Å². The highest BCUT2D eigenvalue weighted by atomic mass is 79.9. The number of aromatic amines is 1. The SMILES string of the molecule is CC1=C(CN)C(=O)CC=C1.CCN(c1sc(Br)c(C(=O)NCc2c(C)cc(C)[nH]c2=O)c1C)C1CCC(N(C)C)CC1.CCN(c1sc(Br)c(C(=O)O)c1C)C1CCC(N(C)C)CC1.Cl.Cl. The van der Waals surface area contributed by atoms with Gasteiger partial charge < -0.3 is 40.7 Å². The van der Waals surface area contributed by atoms with E-state index in [9.17, 15) is 24.3 Å². The largest absolute Gasteiger partial charge is 0.478 e. The minimum Gasteiger partial charge on any atom is -0.478 e. The van der Waals surface area contributed by atoms with Crippen LogP contribution in [-0.2, 0) is 11.3 Å². The molecule has 0 atom stereocenters. The van der Waals surface area contributed by atoms with Crippen molar-refractivity contribution < 1.29 is 19.5 Å². The van der Waals surface area contributed by atoms with Crippen molar-refractivity contribution >= 4 is 107 Å². The molecule has 3 aromatic rings. The molecule has 3 heterocycles. The second-order valence-electron chi connectivity index (χ2n) is 17.6. The van der Waals surface area contributed by atoms with Crippen molar-refractivity contribution in [3.8, 4) is 0 Å². The third-order valence-electron chi connectivity index (χ3n) is 13.1. The van der Waals surface area contributed by atoms with E-state index < -0.39 is 5.97 Å². The Balaban J connectivity index is 0.000000380. The number of hydrogen-bond donors (Lipinski definition) is 4. The normalized spacial score (nSPS) is 19.2. The van der Waals surface area contributed by atoms with Gasteiger partial charge in [-0.2, -0.15) is 0 Å². The Morgan fingerprint density at radius 1 is 0.773 bits per heavy atom. The summed E-state index contributed by atoms with van der Waals surface area (Å²) in [5, 5.41) is 14.6. The Labute approximate surface area is 430 Å². The number of carboxylic acids is 1. The van der Waals surface area contributed by atoms with Gasteiger partial charge in [0.2, 0.25) is 0 Å². The van der Waals surface area contributed by atoms with Gasteiger partial charge in [0.1, 0.15) is 0 Å². The molecule has 0 aromatic carbocycles. The van der Waals surface area contributed by atoms with Gasteiger partial charge in [0, 0.05) is 73.6 Å². The molecule has 1 amide bonds. The molecule has 0 aliphatic heterocycles. The third-order valence-corrected chi connectivity index (χ3v) is 17.1. The number of halogens is 4. The number of ketones is 1. The lowest BCUT2D eigenvalue weighted by Crippen LogP contribution is -2.42. The highest BCUT2D eigenvalue weighted by molar-refractivity contribution is 9.11. The van der Waals surface area contributed by atoms with E-state index >= 15 is 0 Å². The molecule has 0 spiro atoms. The first-order chi connectivity index (χ1) is 30.2. The van der Waals surface area contributed by atoms with Crippen molar-refractivity contribution in [2.75, 3.05) is 57.6 Å². The van der Waals surface area contributed by atoms with E-state index in [4.69, 9.17) is 5.73 Å². The lowest BCUT2D eigenvalue weighted by Gasteiger charge is -2.39. The molecule has 0 bridgehead atoms. The number of anilines is 2. The van der Waals surface area contributed by atoms with Crippen molar-refractivity contribution in [2.24, 2.45) is 5.73 Å². The molecule has 3 aromatic heterocycles. The summed E-state index contributed by atoms with van der Waals surface area (Å²) >= 11 is 10.3. The van der Waals surface area contributed by atoms with Crippen LogP contribution in [0.4, 0.5) is 10.0 Å². The molecule has 6 rings (SSSR count). The van der Waals surface area contributed by atoms with Gasteiger partial charge in [0.15, 0.2) is 5.78 Å². The van der Waals surface area contributed by atoms with Gasteiger partial charge in [-0.15, -0.1) is 47.5 Å². The highest BCUT2D eigenvalue weighted by Gasteiger charge is 2.32. The van der Waals surface area contributed by atoms with Crippen molar-refractivity contribution in [1.82, 2.24) is 20.1 Å². The highest BCUT2D eigenvalue weighted by Crippen LogP contribution is 2.43. The van der Waals surface area contributed by atoms with Crippen LogP contribution in [0.5, 0.6) is 0 Å². The average molecular weight is 1120 g/mol. The number of thiophene rings is 2. The number of aromatic carboxylic acids is 1. The Morgan fingerprint density at radius 2 is 1.21 bits per heavy atom. The summed E-state index contributed by atoms with van der Waals surface area (Å²) in [6, 6.07) is 4.30. The number of hydrogen-bond acceptors (Lipinski definition) is 11. The van der Waals surface area contributed by atoms with Gasteiger partial charge in [-0.25, -0.2) is 4.79 Å². The number of carboxylic acid groups (broad SMARTS) is 1. The number of H-pyrrole nitrogens is 1. The molecule has 0 saturated heterocycles. The molecule has 18 heteroatoms. The Hall–Kier alpha value is -2.54. The molecule has 370 valence electrons. The Kier molecular flexibility index (Phi) is 24.9. The predicted octanol–water partition coefficient (Wildman–Crippen LogP) is 10.6. The molecule has 0 unspecified atom stereocenters. The van der Waals surface area contributed by atoms with Crippen LogP contribution in [0.25, 0.3) is 0 Å². The van der Waals surface area contributed by atoms with E-state index in [1.807, 2.05) is 52.8 Å². The second-order valence-corrected chi connectivity index (χ2v) is 22.2. The second kappa shape index (κ2) is 27.6. The number of amides is 1. The number of nitrogens with zero attached hydrogens (tertiary/aromatic N) is 4. The minimum absolute atomic E-state index is 0. The first-order valence-corrected chi connectivity index (χ1v) is 25.7. The lowest BCUT2D eigenvalue weighted by atomic mass is 9.89. The number of Topliss-reactive ketones (excluding diaryl/α,β-unsaturated/α-hetero) is 1. The first kappa shape index (κ1) is 59.6. The van der Waals surface area contributed by atoms with Gasteiger partial charge >= 0.3 is 5.97 Å². The average Bonchev–Trinajstić information content (AvgIpc) is 3.70. The zero-order chi connectivity index (χ0) is 47.6. The molecule has 3 aliphatic rings. The number of nitrogens with two attached hydrogens (primary N) is 1. The standard InChI is InChI=1S/C24H35BrN4O2S.C16H25BrN2O2S.C8H11NO.2ClH/c1-7-29(18-10-8-17(9-11-18)28(5)6)24-16(4)20(21(25)32-24)23(31)26-13-19-14(2)12-15(3)27-22(19)30;1-5-19(12-8-6-11(7-9-12)18(3)4)15-10(2)13(16(20)21)14(17)22-15;1-6-3-2-4-8(10)7(6)5-9;;/h12,17-18H,7-11,13H2,1-6H3,(H,26,31)(H,27,30);11-12H,5-9H2,1-4H3,(H,20,21);2-3H,4-5,9H2,1H3;2*1H. The van der Waals surface area contributed by atoms with Crippen LogP contribution in [0.15, 0.2) is 41.7 Å². The Bertz CT molecular complexity index is 2230. The molecule has 5 N–H and O–H groups in total. The van der Waals surface area contributed by atoms with Crippen LogP contribution in [-0.4, -0.2) is 110 Å². The fraction of sp³-hybridized carbons (Fsp3) is 0.583. The van der Waals surface area contributed by atoms with E-state index in [0.717, 1.165) is 59.2 Å². The fourth-order valence-corrected chi connectivity index (χ4v) is 13.5. The minimum atomic E-state index is -0.848. The van der Waals surface area contributed by atoms with Crippen LogP contribution in [0.1, 0.15) is 127 Å². The number of aryl methyl sites for hydroxylation is 2. The van der Waals surface area contributed by atoms with Crippen LogP contribution >= 0.6 is 79.3 Å². The van der Waals surface area contributed by atoms with E-state index in [1.54, 1.807) is 22.7 Å². The van der Waals surface area contributed by atoms with Crippen molar-refractivity contribution in [3.05, 3.63) is 86.4 Å². The molecule has 3 aliphatic carbocycles. The number of allylic oxidation sites excluding steroid dienone is 3. The zero-order valence-electron chi connectivity index (χ0n) is 40.6. The number of rotatable bonds is 13. The molecule has 12 nitrogen and oxygen atoms in total. The van der Waals surface area contributed by atoms with Gasteiger partial charge in [0.05, 0.1) is 28.7 Å². The number of pyridine rings is 1. The summed E-state index contributed by atoms with van der Waals surface area (Å²) in [5.41, 5.74) is 12.3. The summed E-state index contributed by atoms with van der Waals surface area (Å²) in [7, 11) is 8.64. The Morgan fingerprint density at radius 3 is 1.58 bits per heavy atom. The number of carbonyl (C=O) groups is 3. The number of carbonyl (C=O) groups excluding carboxylic acids is 2. The van der Waals surface area contributed by atoms with Crippen LogP contribution in [0.3, 0.4) is 0 Å². The summed E-state index contributed by atoms with van der Waals surface area (Å²) < 4.78 is 1.57. The van der Waals surface area contributed by atoms with Gasteiger partial charge in [-0.1, -0.05) is 12.2 Å². The maximum atomic E-state index is 13.1. The van der Waals surface area contributed by atoms with Crippen LogP contribution < -0.4 is 26.4 Å². The summed E-state index contributed by atoms with van der Waals surface area (Å²) in [6.07, 6.45) is 13.9. The quantitative estimate of drug-likeness (QED) is 0.130. The van der Waals surface area contributed by atoms with E-state index in [1.165, 1.54) is 56.4 Å². The molecule has 2 saturated carbocycles. The smallest absolute Gasteiger partial charge is 0.338 e. The van der Waals surface area contributed by atoms with Crippen molar-refractivity contribution in [1.29, 1.82) is 0 Å². The molecule has 2 fully saturated rings. The summed E-state index contributed by atoms with van der Waals surface area (Å²) in [6.45, 7) is 16.4. The lowest BCUT2D eigenvalue weighted by molar-refractivity contribution is -0.114. The van der Waals surface area contributed by atoms with Crippen LogP contribution in [0, 0.1) is 27.7 Å². The predicted molar refractivity (Wildman–Crippen MR) is 289 cm³/mol. The van der Waals surface area contributed by atoms with Crippen LogP contribution in [0.2, 0.25) is 0 Å². The molecular formula is C48H73Br2Cl2N7O5S2. The fourth-order valence-electron chi connectivity index (χ4n) is 9.31. The van der Waals surface area contributed by atoms with Gasteiger partial charge in [0.25, 0.3) is 11.5 Å². The third kappa shape index (κ3) is 15.0. The molecular weight excluding hydrogens is 1050 g/mol. The maximum Gasteiger partial charge on any atom is 0.338 e. The van der Waals surface area contributed by atoms with Gasteiger partial charge in [-0.3, -0.25) is 14.4 Å². The monoisotopic (exact) mass is 1120 g/mol. The topological polar surface area (TPSA) is 155 Å². The molecule has 0 radical (unpaired) electrons. The summed E-state index contributed by atoms with van der Waals surface area (Å²) in [4.78, 5) is 60.2. The van der Waals surface area contributed by atoms with Crippen molar-refractivity contribution in [2.45, 2.75) is 137 Å². The first-order valence-electron chi connectivity index (χ1n) is 22.5. The van der Waals surface area contributed by atoms with Gasteiger partial charge in [-0.05, 0) is 188 Å². The summed E-state index contributed by atoms with van der Waals surface area (Å²) in [5.74, 6) is -0.828. The molecule has 66 heavy (non-hydrogen) atoms. The number of aromatic nitrogens is 1. The van der Waals surface area contributed by atoms with E-state index in [2.05, 4.69) is 104 Å². The maximum absolute atomic E-state index is 13.1.